The summed E-state index contributed by atoms with van der Waals surface area (Å²) in [4.78, 5) is 11.8. The Labute approximate surface area is 132 Å². The summed E-state index contributed by atoms with van der Waals surface area (Å²) in [6.45, 7) is 4.41. The normalized spacial score (nSPS) is 23.3. The number of hydrogen-bond acceptors (Lipinski definition) is 6. The first-order valence-corrected chi connectivity index (χ1v) is 9.93. The standard InChI is InChI=1S/C14H19N3S3/c1-3-8-7-9-12(15)16-13(17-14(9)20-8)11-10(4-2)18-5-6-19-11/h7,10-11H,3-6H2,1-2H3,(H2,15,16,17). The molecular weight excluding hydrogens is 306 g/mol. The number of aromatic nitrogens is 2. The van der Waals surface area contributed by atoms with Gasteiger partial charge in [-0.05, 0) is 18.9 Å². The molecule has 1 aliphatic heterocycles. The summed E-state index contributed by atoms with van der Waals surface area (Å²) >= 11 is 5.78. The molecule has 0 aromatic carbocycles. The van der Waals surface area contributed by atoms with Crippen LogP contribution in [0.5, 0.6) is 0 Å². The van der Waals surface area contributed by atoms with Crippen LogP contribution in [-0.2, 0) is 6.42 Å². The predicted molar refractivity (Wildman–Crippen MR) is 92.9 cm³/mol. The minimum atomic E-state index is 0.387. The first-order chi connectivity index (χ1) is 9.72. The van der Waals surface area contributed by atoms with Crippen molar-refractivity contribution in [3.63, 3.8) is 0 Å². The molecule has 6 heteroatoms. The third kappa shape index (κ3) is 2.65. The van der Waals surface area contributed by atoms with Crippen LogP contribution in [-0.4, -0.2) is 26.7 Å². The van der Waals surface area contributed by atoms with Crippen LogP contribution in [0.25, 0.3) is 10.2 Å². The number of aryl methyl sites for hydroxylation is 1. The van der Waals surface area contributed by atoms with E-state index in [1.165, 1.54) is 16.4 Å². The number of thioether (sulfide) groups is 2. The van der Waals surface area contributed by atoms with Crippen molar-refractivity contribution in [3.8, 4) is 0 Å². The minimum Gasteiger partial charge on any atom is -0.383 e. The van der Waals surface area contributed by atoms with Gasteiger partial charge in [0.1, 0.15) is 16.5 Å². The second kappa shape index (κ2) is 6.12. The van der Waals surface area contributed by atoms with Gasteiger partial charge in [-0.1, -0.05) is 13.8 Å². The molecule has 1 aliphatic rings. The maximum atomic E-state index is 6.16. The molecule has 2 aromatic rings. The number of anilines is 1. The van der Waals surface area contributed by atoms with Crippen LogP contribution in [0.15, 0.2) is 6.07 Å². The zero-order valence-electron chi connectivity index (χ0n) is 11.8. The largest absolute Gasteiger partial charge is 0.383 e. The van der Waals surface area contributed by atoms with E-state index in [-0.39, 0.29) is 0 Å². The van der Waals surface area contributed by atoms with Crippen LogP contribution in [0.3, 0.4) is 0 Å². The molecule has 0 amide bonds. The van der Waals surface area contributed by atoms with Crippen LogP contribution in [0, 0.1) is 0 Å². The summed E-state index contributed by atoms with van der Waals surface area (Å²) < 4.78 is 0. The lowest BCUT2D eigenvalue weighted by atomic mass is 10.2. The monoisotopic (exact) mass is 325 g/mol. The summed E-state index contributed by atoms with van der Waals surface area (Å²) in [5.74, 6) is 3.99. The molecule has 20 heavy (non-hydrogen) atoms. The van der Waals surface area contributed by atoms with Gasteiger partial charge in [0.05, 0.1) is 10.6 Å². The van der Waals surface area contributed by atoms with Crippen molar-refractivity contribution in [1.29, 1.82) is 0 Å². The van der Waals surface area contributed by atoms with Gasteiger partial charge in [0.15, 0.2) is 0 Å². The van der Waals surface area contributed by atoms with Gasteiger partial charge in [0.2, 0.25) is 0 Å². The first-order valence-electron chi connectivity index (χ1n) is 7.02. The summed E-state index contributed by atoms with van der Waals surface area (Å²) in [7, 11) is 0. The molecule has 2 atom stereocenters. The molecule has 2 aromatic heterocycles. The molecule has 0 aliphatic carbocycles. The average Bonchev–Trinajstić information content (AvgIpc) is 2.91. The molecule has 2 unspecified atom stereocenters. The highest BCUT2D eigenvalue weighted by atomic mass is 32.2. The van der Waals surface area contributed by atoms with Gasteiger partial charge in [-0.15, -0.1) is 23.1 Å². The Balaban J connectivity index is 2.02. The number of hydrogen-bond donors (Lipinski definition) is 1. The van der Waals surface area contributed by atoms with Crippen molar-refractivity contribution >= 4 is 50.9 Å². The second-order valence-electron chi connectivity index (χ2n) is 4.86. The molecule has 0 radical (unpaired) electrons. The Morgan fingerprint density at radius 2 is 2.05 bits per heavy atom. The van der Waals surface area contributed by atoms with Gasteiger partial charge >= 0.3 is 0 Å². The fraction of sp³-hybridized carbons (Fsp3) is 0.571. The highest BCUT2D eigenvalue weighted by Crippen LogP contribution is 2.43. The molecule has 2 N–H and O–H groups in total. The molecule has 108 valence electrons. The summed E-state index contributed by atoms with van der Waals surface area (Å²) in [5.41, 5.74) is 6.16. The Bertz CT molecular complexity index is 611. The Morgan fingerprint density at radius 1 is 1.25 bits per heavy atom. The van der Waals surface area contributed by atoms with Crippen LogP contribution >= 0.6 is 34.9 Å². The van der Waals surface area contributed by atoms with Crippen LogP contribution in [0.1, 0.15) is 36.2 Å². The molecule has 3 rings (SSSR count). The van der Waals surface area contributed by atoms with Crippen molar-refractivity contribution in [1.82, 2.24) is 9.97 Å². The number of thiophene rings is 1. The molecule has 0 spiro atoms. The van der Waals surface area contributed by atoms with E-state index in [9.17, 15) is 0 Å². The quantitative estimate of drug-likeness (QED) is 0.919. The van der Waals surface area contributed by atoms with Gasteiger partial charge in [-0.25, -0.2) is 9.97 Å². The van der Waals surface area contributed by atoms with Gasteiger partial charge < -0.3 is 5.73 Å². The third-order valence-corrected chi connectivity index (χ3v) is 7.96. The van der Waals surface area contributed by atoms with E-state index in [0.717, 1.165) is 28.9 Å². The third-order valence-electron chi connectivity index (χ3n) is 3.55. The van der Waals surface area contributed by atoms with Crippen LogP contribution in [0.2, 0.25) is 0 Å². The zero-order valence-corrected chi connectivity index (χ0v) is 14.2. The van der Waals surface area contributed by atoms with E-state index < -0.39 is 0 Å². The van der Waals surface area contributed by atoms with Crippen molar-refractivity contribution in [2.24, 2.45) is 0 Å². The molecule has 0 bridgehead atoms. The summed E-state index contributed by atoms with van der Waals surface area (Å²) in [6.07, 6.45) is 2.19. The highest BCUT2D eigenvalue weighted by molar-refractivity contribution is 8.06. The van der Waals surface area contributed by atoms with E-state index >= 15 is 0 Å². The zero-order chi connectivity index (χ0) is 14.1. The highest BCUT2D eigenvalue weighted by Gasteiger charge is 2.29. The van der Waals surface area contributed by atoms with Gasteiger partial charge in [-0.3, -0.25) is 0 Å². The van der Waals surface area contributed by atoms with Gasteiger partial charge in [0.25, 0.3) is 0 Å². The number of nitrogens with two attached hydrogens (primary N) is 1. The van der Waals surface area contributed by atoms with E-state index in [1.807, 2.05) is 23.5 Å². The van der Waals surface area contributed by atoms with Crippen molar-refractivity contribution < 1.29 is 0 Å². The average molecular weight is 326 g/mol. The van der Waals surface area contributed by atoms with E-state index in [0.29, 0.717) is 16.3 Å². The maximum absolute atomic E-state index is 6.16. The first kappa shape index (κ1) is 14.5. The molecular formula is C14H19N3S3. The van der Waals surface area contributed by atoms with Crippen molar-refractivity contribution in [2.45, 2.75) is 37.2 Å². The molecule has 1 fully saturated rings. The Hall–Kier alpha value is -0.460. The topological polar surface area (TPSA) is 51.8 Å². The fourth-order valence-electron chi connectivity index (χ4n) is 2.45. The van der Waals surface area contributed by atoms with Gasteiger partial charge in [-0.2, -0.15) is 11.8 Å². The number of fused-ring (bicyclic) bond motifs is 1. The molecule has 3 heterocycles. The Kier molecular flexibility index (Phi) is 4.43. The number of nitrogen functional groups attached to an aromatic ring is 1. The minimum absolute atomic E-state index is 0.387. The van der Waals surface area contributed by atoms with Crippen LogP contribution in [0.4, 0.5) is 5.82 Å². The van der Waals surface area contributed by atoms with E-state index in [4.69, 9.17) is 10.7 Å². The van der Waals surface area contributed by atoms with Crippen molar-refractivity contribution in [3.05, 3.63) is 16.8 Å². The van der Waals surface area contributed by atoms with Crippen LogP contribution < -0.4 is 5.73 Å². The predicted octanol–water partition coefficient (Wildman–Crippen LogP) is 4.14. The second-order valence-corrected chi connectivity index (χ2v) is 8.57. The molecule has 3 nitrogen and oxygen atoms in total. The lowest BCUT2D eigenvalue weighted by molar-refractivity contribution is 0.756. The summed E-state index contributed by atoms with van der Waals surface area (Å²) in [5, 5.41) is 2.02. The lowest BCUT2D eigenvalue weighted by Gasteiger charge is -2.28. The smallest absolute Gasteiger partial charge is 0.146 e. The van der Waals surface area contributed by atoms with Gasteiger partial charge in [0, 0.05) is 21.6 Å². The van der Waals surface area contributed by atoms with E-state index in [2.05, 4.69) is 24.9 Å². The molecule has 0 saturated carbocycles. The Morgan fingerprint density at radius 3 is 2.80 bits per heavy atom. The molecule has 1 saturated heterocycles. The fourth-order valence-corrected chi connectivity index (χ4v) is 6.43. The number of rotatable bonds is 3. The van der Waals surface area contributed by atoms with Crippen molar-refractivity contribution in [2.75, 3.05) is 17.2 Å². The van der Waals surface area contributed by atoms with E-state index in [1.54, 1.807) is 11.3 Å². The number of nitrogens with zero attached hydrogens (tertiary/aromatic N) is 2. The lowest BCUT2D eigenvalue weighted by Crippen LogP contribution is -2.20. The summed E-state index contributed by atoms with van der Waals surface area (Å²) in [6, 6.07) is 2.14. The maximum Gasteiger partial charge on any atom is 0.146 e. The SMILES string of the molecule is CCc1cc2c(N)nc(C3SCCSC3CC)nc2s1.